The highest BCUT2D eigenvalue weighted by molar-refractivity contribution is 9.10. The molecule has 0 aliphatic carbocycles. The number of alkyl halides is 1. The van der Waals surface area contributed by atoms with Crippen LogP contribution in [0.15, 0.2) is 46.9 Å². The van der Waals surface area contributed by atoms with Gasteiger partial charge in [0.05, 0.1) is 5.02 Å². The lowest BCUT2D eigenvalue weighted by Crippen LogP contribution is -1.99. The van der Waals surface area contributed by atoms with E-state index in [-0.39, 0.29) is 0 Å². The van der Waals surface area contributed by atoms with E-state index < -0.39 is 0 Å². The quantitative estimate of drug-likeness (QED) is 0.620. The molecule has 0 heterocycles. The molecule has 2 rings (SSSR count). The molecule has 1 nitrogen and oxygen atoms in total. The van der Waals surface area contributed by atoms with Crippen LogP contribution in [0.25, 0.3) is 0 Å². The van der Waals surface area contributed by atoms with Crippen LogP contribution in [0.4, 0.5) is 0 Å². The maximum atomic E-state index is 6.16. The summed E-state index contributed by atoms with van der Waals surface area (Å²) in [6.45, 7) is 0.491. The molecule has 0 atom stereocenters. The summed E-state index contributed by atoms with van der Waals surface area (Å²) in [6, 6.07) is 13.7. The average molecular weight is 391 g/mol. The van der Waals surface area contributed by atoms with Crippen molar-refractivity contribution in [2.75, 3.05) is 0 Å². The molecule has 94 valence electrons. The Morgan fingerprint density at radius 1 is 1.00 bits per heavy atom. The van der Waals surface area contributed by atoms with E-state index in [0.29, 0.717) is 11.6 Å². The topological polar surface area (TPSA) is 9.23 Å². The molecule has 0 saturated heterocycles. The van der Waals surface area contributed by atoms with Gasteiger partial charge in [0.1, 0.15) is 12.4 Å². The van der Waals surface area contributed by atoms with Crippen LogP contribution in [-0.2, 0) is 11.9 Å². The summed E-state index contributed by atoms with van der Waals surface area (Å²) in [5, 5.41) is 1.36. The number of benzene rings is 2. The lowest BCUT2D eigenvalue weighted by atomic mass is 10.2. The second-order valence-corrected chi connectivity index (χ2v) is 5.56. The summed E-state index contributed by atoms with van der Waals surface area (Å²) in [6.07, 6.45) is 0. The van der Waals surface area contributed by atoms with Gasteiger partial charge >= 0.3 is 0 Å². The third-order valence-electron chi connectivity index (χ3n) is 2.52. The van der Waals surface area contributed by atoms with Crippen molar-refractivity contribution in [3.05, 3.63) is 63.1 Å². The van der Waals surface area contributed by atoms with E-state index in [4.69, 9.17) is 16.3 Å². The molecule has 0 aliphatic heterocycles. The van der Waals surface area contributed by atoms with Crippen molar-refractivity contribution in [3.8, 4) is 5.75 Å². The molecule has 2 aromatic carbocycles. The van der Waals surface area contributed by atoms with E-state index in [2.05, 4.69) is 31.9 Å². The minimum Gasteiger partial charge on any atom is -0.487 e. The zero-order valence-electron chi connectivity index (χ0n) is 9.50. The minimum absolute atomic E-state index is 0.491. The smallest absolute Gasteiger partial charge is 0.142 e. The Morgan fingerprint density at radius 3 is 2.44 bits per heavy atom. The normalized spacial score (nSPS) is 10.4. The van der Waals surface area contributed by atoms with Crippen molar-refractivity contribution < 1.29 is 4.74 Å². The van der Waals surface area contributed by atoms with Crippen LogP contribution in [0.3, 0.4) is 0 Å². The minimum atomic E-state index is 0.491. The third-order valence-corrected chi connectivity index (χ3v) is 4.20. The third kappa shape index (κ3) is 3.28. The highest BCUT2D eigenvalue weighted by atomic mass is 79.9. The Balaban J connectivity index is 2.18. The molecule has 2 aromatic rings. The second kappa shape index (κ2) is 6.60. The molecule has 0 bridgehead atoms. The summed E-state index contributed by atoms with van der Waals surface area (Å²) >= 11 is 13.1. The van der Waals surface area contributed by atoms with E-state index in [1.165, 1.54) is 0 Å². The summed E-state index contributed by atoms with van der Waals surface area (Å²) in [5.74, 6) is 0.742. The molecular formula is C14H11Br2ClO. The maximum absolute atomic E-state index is 6.16. The van der Waals surface area contributed by atoms with Crippen LogP contribution in [0.1, 0.15) is 11.1 Å². The van der Waals surface area contributed by atoms with Gasteiger partial charge in [-0.1, -0.05) is 73.8 Å². The fraction of sp³-hybridized carbons (Fsp3) is 0.143. The molecule has 0 fully saturated rings. The van der Waals surface area contributed by atoms with Crippen molar-refractivity contribution in [2.24, 2.45) is 0 Å². The van der Waals surface area contributed by atoms with Crippen LogP contribution in [0, 0.1) is 0 Å². The molecule has 4 heteroatoms. The maximum Gasteiger partial charge on any atom is 0.142 e. The first-order valence-electron chi connectivity index (χ1n) is 5.42. The van der Waals surface area contributed by atoms with Crippen molar-refractivity contribution in [3.63, 3.8) is 0 Å². The SMILES string of the molecule is Clc1cccc(CBr)c1OCc1ccccc1Br. The van der Waals surface area contributed by atoms with Crippen LogP contribution in [0.5, 0.6) is 5.75 Å². The van der Waals surface area contributed by atoms with Crippen molar-refractivity contribution in [1.29, 1.82) is 0 Å². The Hall–Kier alpha value is -0.510. The van der Waals surface area contributed by atoms with Gasteiger partial charge in [-0.3, -0.25) is 0 Å². The van der Waals surface area contributed by atoms with Crippen LogP contribution < -0.4 is 4.74 Å². The van der Waals surface area contributed by atoms with E-state index in [1.54, 1.807) is 0 Å². The Bertz CT molecular complexity index is 543. The van der Waals surface area contributed by atoms with Crippen LogP contribution in [0.2, 0.25) is 5.02 Å². The molecule has 0 aliphatic rings. The number of rotatable bonds is 4. The number of hydrogen-bond acceptors (Lipinski definition) is 1. The molecule has 0 radical (unpaired) electrons. The second-order valence-electron chi connectivity index (χ2n) is 3.74. The van der Waals surface area contributed by atoms with E-state index in [0.717, 1.165) is 26.7 Å². The van der Waals surface area contributed by atoms with Gasteiger partial charge in [0.2, 0.25) is 0 Å². The summed E-state index contributed by atoms with van der Waals surface area (Å²) in [5.41, 5.74) is 2.15. The summed E-state index contributed by atoms with van der Waals surface area (Å²) in [7, 11) is 0. The fourth-order valence-electron chi connectivity index (χ4n) is 1.59. The Kier molecular flexibility index (Phi) is 5.10. The molecule has 0 spiro atoms. The lowest BCUT2D eigenvalue weighted by Gasteiger charge is -2.12. The molecule has 0 saturated carbocycles. The Labute approximate surface area is 128 Å². The molecule has 0 amide bonds. The molecule has 0 N–H and O–H groups in total. The van der Waals surface area contributed by atoms with Crippen molar-refractivity contribution in [2.45, 2.75) is 11.9 Å². The number of halogens is 3. The van der Waals surface area contributed by atoms with Gasteiger partial charge in [-0.25, -0.2) is 0 Å². The predicted octanol–water partition coefficient (Wildman–Crippen LogP) is 5.58. The standard InChI is InChI=1S/C14H11Br2ClO/c15-8-10-5-3-7-13(17)14(10)18-9-11-4-1-2-6-12(11)16/h1-7H,8-9H2. The van der Waals surface area contributed by atoms with Crippen LogP contribution >= 0.6 is 43.5 Å². The van der Waals surface area contributed by atoms with Gasteiger partial charge in [0.15, 0.2) is 0 Å². The average Bonchev–Trinajstić information content (AvgIpc) is 2.39. The first kappa shape index (κ1) is 13.9. The van der Waals surface area contributed by atoms with Crippen LogP contribution in [-0.4, -0.2) is 0 Å². The predicted molar refractivity (Wildman–Crippen MR) is 82.6 cm³/mol. The molecular weight excluding hydrogens is 379 g/mol. The van der Waals surface area contributed by atoms with E-state index >= 15 is 0 Å². The molecule has 0 aromatic heterocycles. The first-order valence-corrected chi connectivity index (χ1v) is 7.71. The fourth-order valence-corrected chi connectivity index (χ4v) is 2.68. The highest BCUT2D eigenvalue weighted by Gasteiger charge is 2.08. The number of ether oxygens (including phenoxy) is 1. The Morgan fingerprint density at radius 2 is 1.72 bits per heavy atom. The van der Waals surface area contributed by atoms with Gasteiger partial charge in [0.25, 0.3) is 0 Å². The number of hydrogen-bond donors (Lipinski definition) is 0. The van der Waals surface area contributed by atoms with Crippen molar-refractivity contribution >= 4 is 43.5 Å². The lowest BCUT2D eigenvalue weighted by molar-refractivity contribution is 0.303. The first-order chi connectivity index (χ1) is 8.72. The van der Waals surface area contributed by atoms with Gasteiger partial charge in [-0.2, -0.15) is 0 Å². The zero-order valence-corrected chi connectivity index (χ0v) is 13.4. The van der Waals surface area contributed by atoms with Gasteiger partial charge in [-0.15, -0.1) is 0 Å². The van der Waals surface area contributed by atoms with E-state index in [1.807, 2.05) is 42.5 Å². The molecule has 18 heavy (non-hydrogen) atoms. The highest BCUT2D eigenvalue weighted by Crippen LogP contribution is 2.31. The van der Waals surface area contributed by atoms with Gasteiger partial charge in [0, 0.05) is 20.9 Å². The largest absolute Gasteiger partial charge is 0.487 e. The summed E-state index contributed by atoms with van der Waals surface area (Å²) < 4.78 is 6.87. The summed E-state index contributed by atoms with van der Waals surface area (Å²) in [4.78, 5) is 0. The molecule has 0 unspecified atom stereocenters. The van der Waals surface area contributed by atoms with Gasteiger partial charge in [-0.05, 0) is 12.1 Å². The number of para-hydroxylation sites is 1. The zero-order chi connectivity index (χ0) is 13.0. The monoisotopic (exact) mass is 388 g/mol. The van der Waals surface area contributed by atoms with Crippen molar-refractivity contribution in [1.82, 2.24) is 0 Å². The van der Waals surface area contributed by atoms with Gasteiger partial charge < -0.3 is 4.74 Å². The van der Waals surface area contributed by atoms with E-state index in [9.17, 15) is 0 Å².